The van der Waals surface area contributed by atoms with Gasteiger partial charge in [-0.15, -0.1) is 0 Å². The molecule has 0 fully saturated rings. The van der Waals surface area contributed by atoms with E-state index in [9.17, 15) is 13.2 Å². The Morgan fingerprint density at radius 2 is 1.75 bits per heavy atom. The van der Waals surface area contributed by atoms with Gasteiger partial charge in [-0.25, -0.2) is 0 Å². The summed E-state index contributed by atoms with van der Waals surface area (Å²) < 4.78 is 33.7. The second-order valence-corrected chi connectivity index (χ2v) is 1.38. The van der Waals surface area contributed by atoms with Crippen LogP contribution in [0.4, 0.5) is 13.2 Å². The summed E-state index contributed by atoms with van der Waals surface area (Å²) in [5.74, 6) is 0. The molecular formula is C3H7F3N2. The van der Waals surface area contributed by atoms with E-state index in [0.717, 1.165) is 0 Å². The van der Waals surface area contributed by atoms with Crippen molar-refractivity contribution in [2.45, 2.75) is 12.2 Å². The van der Waals surface area contributed by atoms with E-state index >= 15 is 0 Å². The molecule has 1 unspecified atom stereocenters. The molecule has 0 bridgehead atoms. The molecule has 8 heavy (non-hydrogen) atoms. The van der Waals surface area contributed by atoms with Crippen molar-refractivity contribution in [2.75, 3.05) is 6.54 Å². The van der Waals surface area contributed by atoms with Crippen LogP contribution in [0, 0.1) is 0 Å². The first kappa shape index (κ1) is 7.71. The molecule has 0 amide bonds. The monoisotopic (exact) mass is 128 g/mol. The Balaban J connectivity index is 3.62. The highest BCUT2D eigenvalue weighted by atomic mass is 19.4. The van der Waals surface area contributed by atoms with Crippen molar-refractivity contribution in [2.24, 2.45) is 11.5 Å². The molecule has 4 N–H and O–H groups in total. The Morgan fingerprint density at radius 3 is 1.75 bits per heavy atom. The molecule has 0 saturated carbocycles. The fraction of sp³-hybridized carbons (Fsp3) is 1.00. The molecule has 0 aromatic rings. The van der Waals surface area contributed by atoms with E-state index in [-0.39, 0.29) is 0 Å². The molecule has 5 heteroatoms. The Bertz CT molecular complexity index is 69.4. The predicted molar refractivity (Wildman–Crippen MR) is 23.1 cm³/mol. The third-order valence-electron chi connectivity index (χ3n) is 0.674. The number of hydrogen-bond donors (Lipinski definition) is 2. The van der Waals surface area contributed by atoms with Crippen LogP contribution in [0.2, 0.25) is 0 Å². The number of alkyl halides is 3. The minimum absolute atomic E-state index is 0.552. The van der Waals surface area contributed by atoms with Gasteiger partial charge in [0, 0.05) is 6.54 Å². The Morgan fingerprint density at radius 1 is 1.38 bits per heavy atom. The van der Waals surface area contributed by atoms with Gasteiger partial charge in [-0.1, -0.05) is 0 Å². The van der Waals surface area contributed by atoms with Gasteiger partial charge in [0.25, 0.3) is 0 Å². The molecule has 0 spiro atoms. The van der Waals surface area contributed by atoms with Gasteiger partial charge in [0.15, 0.2) is 0 Å². The molecule has 0 heterocycles. The predicted octanol–water partition coefficient (Wildman–Crippen LogP) is -0.165. The molecule has 0 aliphatic rings. The zero-order valence-corrected chi connectivity index (χ0v) is 4.07. The first-order valence-corrected chi connectivity index (χ1v) is 2.01. The largest absolute Gasteiger partial charge is 0.404 e. The molecule has 50 valence electrons. The Hall–Kier alpha value is -0.290. The molecule has 1 atom stereocenters. The second kappa shape index (κ2) is 2.32. The van der Waals surface area contributed by atoms with Gasteiger partial charge in [-0.2, -0.15) is 13.2 Å². The highest BCUT2D eigenvalue weighted by Gasteiger charge is 2.35. The topological polar surface area (TPSA) is 52.0 Å². The third kappa shape index (κ3) is 2.13. The van der Waals surface area contributed by atoms with Crippen molar-refractivity contribution < 1.29 is 13.2 Å². The standard InChI is InChI=1S/C3H7F3N2/c4-3(5,6)2(8)1-7/h2H,1,7-8H2. The van der Waals surface area contributed by atoms with Crippen LogP contribution in [0.1, 0.15) is 0 Å². The fourth-order valence-electron chi connectivity index (χ4n) is 0.134. The molecule has 0 aromatic heterocycles. The van der Waals surface area contributed by atoms with E-state index in [1.165, 1.54) is 0 Å². The lowest BCUT2D eigenvalue weighted by Gasteiger charge is -2.11. The molecule has 0 aliphatic heterocycles. The van der Waals surface area contributed by atoms with Crippen LogP contribution in [-0.4, -0.2) is 18.8 Å². The summed E-state index contributed by atoms with van der Waals surface area (Å²) in [5, 5.41) is 0. The van der Waals surface area contributed by atoms with Gasteiger partial charge in [-0.05, 0) is 0 Å². The number of rotatable bonds is 1. The summed E-state index contributed by atoms with van der Waals surface area (Å²) in [6, 6.07) is -1.87. The SMILES string of the molecule is NCC(N)C(F)(F)F. The van der Waals surface area contributed by atoms with Crippen LogP contribution in [0.15, 0.2) is 0 Å². The Kier molecular flexibility index (Phi) is 2.24. The van der Waals surface area contributed by atoms with Crippen LogP contribution in [0.3, 0.4) is 0 Å². The smallest absolute Gasteiger partial charge is 0.329 e. The summed E-state index contributed by atoms with van der Waals surface area (Å²) in [6.45, 7) is -0.552. The van der Waals surface area contributed by atoms with E-state index in [2.05, 4.69) is 11.5 Å². The summed E-state index contributed by atoms with van der Waals surface area (Å²) in [7, 11) is 0. The van der Waals surface area contributed by atoms with E-state index in [0.29, 0.717) is 0 Å². The lowest BCUT2D eigenvalue weighted by molar-refractivity contribution is -0.145. The molecule has 0 aromatic carbocycles. The molecule has 0 rings (SSSR count). The first-order chi connectivity index (χ1) is 3.48. The van der Waals surface area contributed by atoms with Crippen molar-refractivity contribution in [1.29, 1.82) is 0 Å². The summed E-state index contributed by atoms with van der Waals surface area (Å²) >= 11 is 0. The quantitative estimate of drug-likeness (QED) is 0.515. The second-order valence-electron chi connectivity index (χ2n) is 1.38. The number of halogens is 3. The summed E-state index contributed by atoms with van der Waals surface area (Å²) in [4.78, 5) is 0. The van der Waals surface area contributed by atoms with Gasteiger partial charge in [0.05, 0.1) is 0 Å². The van der Waals surface area contributed by atoms with Crippen LogP contribution < -0.4 is 11.5 Å². The van der Waals surface area contributed by atoms with E-state index in [4.69, 9.17) is 0 Å². The minimum atomic E-state index is -4.34. The van der Waals surface area contributed by atoms with E-state index in [1.54, 1.807) is 0 Å². The minimum Gasteiger partial charge on any atom is -0.329 e. The Labute approximate surface area is 44.6 Å². The van der Waals surface area contributed by atoms with Gasteiger partial charge < -0.3 is 11.5 Å². The van der Waals surface area contributed by atoms with Gasteiger partial charge in [0.2, 0.25) is 0 Å². The molecular weight excluding hydrogens is 121 g/mol. The normalized spacial score (nSPS) is 16.1. The molecule has 2 nitrogen and oxygen atoms in total. The van der Waals surface area contributed by atoms with E-state index < -0.39 is 18.8 Å². The summed E-state index contributed by atoms with van der Waals surface area (Å²) in [5.41, 5.74) is 9.11. The fourth-order valence-corrected chi connectivity index (χ4v) is 0.134. The van der Waals surface area contributed by atoms with Gasteiger partial charge in [-0.3, -0.25) is 0 Å². The number of nitrogens with two attached hydrogens (primary N) is 2. The van der Waals surface area contributed by atoms with E-state index in [1.807, 2.05) is 0 Å². The van der Waals surface area contributed by atoms with Crippen molar-refractivity contribution in [3.8, 4) is 0 Å². The zero-order chi connectivity index (χ0) is 6.78. The highest BCUT2D eigenvalue weighted by Crippen LogP contribution is 2.16. The molecule has 0 saturated heterocycles. The lowest BCUT2D eigenvalue weighted by Crippen LogP contribution is -2.43. The average molecular weight is 128 g/mol. The maximum absolute atomic E-state index is 11.2. The van der Waals surface area contributed by atoms with Crippen molar-refractivity contribution >= 4 is 0 Å². The third-order valence-corrected chi connectivity index (χ3v) is 0.674. The van der Waals surface area contributed by atoms with Gasteiger partial charge >= 0.3 is 6.18 Å². The van der Waals surface area contributed by atoms with Crippen molar-refractivity contribution in [3.63, 3.8) is 0 Å². The highest BCUT2D eigenvalue weighted by molar-refractivity contribution is 4.69. The van der Waals surface area contributed by atoms with Crippen LogP contribution >= 0.6 is 0 Å². The zero-order valence-electron chi connectivity index (χ0n) is 4.07. The number of hydrogen-bond acceptors (Lipinski definition) is 2. The molecule has 0 aliphatic carbocycles. The van der Waals surface area contributed by atoms with Crippen molar-refractivity contribution in [3.05, 3.63) is 0 Å². The van der Waals surface area contributed by atoms with Crippen molar-refractivity contribution in [1.82, 2.24) is 0 Å². The maximum Gasteiger partial charge on any atom is 0.404 e. The molecule has 0 radical (unpaired) electrons. The van der Waals surface area contributed by atoms with Crippen LogP contribution in [-0.2, 0) is 0 Å². The average Bonchev–Trinajstić information content (AvgIpc) is 1.62. The lowest BCUT2D eigenvalue weighted by atomic mass is 10.3. The van der Waals surface area contributed by atoms with Crippen LogP contribution in [0.25, 0.3) is 0 Å². The first-order valence-electron chi connectivity index (χ1n) is 2.01. The van der Waals surface area contributed by atoms with Gasteiger partial charge in [0.1, 0.15) is 6.04 Å². The maximum atomic E-state index is 11.2. The van der Waals surface area contributed by atoms with Crippen LogP contribution in [0.5, 0.6) is 0 Å². The summed E-state index contributed by atoms with van der Waals surface area (Å²) in [6.07, 6.45) is -4.34.